The second kappa shape index (κ2) is 9.74. The summed E-state index contributed by atoms with van der Waals surface area (Å²) in [5.41, 5.74) is 7.48. The second-order valence-electron chi connectivity index (χ2n) is 6.02. The van der Waals surface area contributed by atoms with Crippen molar-refractivity contribution < 1.29 is 19.0 Å². The maximum Gasteiger partial charge on any atom is 0.240 e. The van der Waals surface area contributed by atoms with Gasteiger partial charge in [0, 0.05) is 26.4 Å². The number of rotatable bonds is 9. The Balaban J connectivity index is 1.78. The van der Waals surface area contributed by atoms with E-state index in [0.717, 1.165) is 11.1 Å². The number of hydrogen-bond donors (Lipinski definition) is 2. The van der Waals surface area contributed by atoms with Crippen molar-refractivity contribution in [2.45, 2.75) is 38.5 Å². The van der Waals surface area contributed by atoms with Crippen molar-refractivity contribution in [3.63, 3.8) is 0 Å². The molecule has 2 rings (SSSR count). The molecule has 1 saturated heterocycles. The maximum absolute atomic E-state index is 12.3. The highest BCUT2D eigenvalue weighted by Crippen LogP contribution is 2.18. The molecule has 3 N–H and O–H groups in total. The quantitative estimate of drug-likeness (QED) is 0.666. The molecule has 1 heterocycles. The fourth-order valence-electron chi connectivity index (χ4n) is 2.60. The minimum absolute atomic E-state index is 0.107. The number of carbonyl (C=O) groups is 1. The molecule has 1 amide bonds. The van der Waals surface area contributed by atoms with Crippen molar-refractivity contribution in [3.8, 4) is 0 Å². The molecule has 0 unspecified atom stereocenters. The van der Waals surface area contributed by atoms with Gasteiger partial charge < -0.3 is 25.3 Å². The molecule has 134 valence electrons. The van der Waals surface area contributed by atoms with Crippen LogP contribution in [0.15, 0.2) is 24.3 Å². The number of hydrogen-bond acceptors (Lipinski definition) is 5. The van der Waals surface area contributed by atoms with Crippen LogP contribution in [0.2, 0.25) is 0 Å². The lowest BCUT2D eigenvalue weighted by atomic mass is 9.90. The molecule has 0 radical (unpaired) electrons. The van der Waals surface area contributed by atoms with E-state index >= 15 is 0 Å². The largest absolute Gasteiger partial charge is 0.381 e. The van der Waals surface area contributed by atoms with Gasteiger partial charge >= 0.3 is 0 Å². The maximum atomic E-state index is 12.3. The Morgan fingerprint density at radius 1 is 1.25 bits per heavy atom. The average Bonchev–Trinajstić information content (AvgIpc) is 2.60. The molecule has 1 aromatic rings. The molecule has 0 bridgehead atoms. The normalized spacial score (nSPS) is 16.8. The monoisotopic (exact) mass is 336 g/mol. The van der Waals surface area contributed by atoms with E-state index in [4.69, 9.17) is 19.9 Å². The first-order valence-corrected chi connectivity index (χ1v) is 8.52. The molecular formula is C18H28N2O4. The molecule has 1 fully saturated rings. The zero-order chi connectivity index (χ0) is 17.3. The Morgan fingerprint density at radius 2 is 1.96 bits per heavy atom. The number of carbonyl (C=O) groups excluding carboxylic acids is 1. The van der Waals surface area contributed by atoms with Crippen molar-refractivity contribution in [2.24, 2.45) is 5.73 Å². The first-order valence-electron chi connectivity index (χ1n) is 8.52. The summed E-state index contributed by atoms with van der Waals surface area (Å²) in [5, 5.41) is 2.94. The molecule has 0 aliphatic carbocycles. The van der Waals surface area contributed by atoms with Gasteiger partial charge in [-0.1, -0.05) is 24.3 Å². The highest BCUT2D eigenvalue weighted by atomic mass is 16.5. The lowest BCUT2D eigenvalue weighted by molar-refractivity contribution is -0.129. The van der Waals surface area contributed by atoms with E-state index in [-0.39, 0.29) is 5.91 Å². The van der Waals surface area contributed by atoms with Gasteiger partial charge in [0.05, 0.1) is 25.4 Å². The summed E-state index contributed by atoms with van der Waals surface area (Å²) >= 11 is 0. The Kier molecular flexibility index (Phi) is 7.65. The van der Waals surface area contributed by atoms with Gasteiger partial charge in [-0.2, -0.15) is 0 Å². The van der Waals surface area contributed by atoms with Gasteiger partial charge in [0.1, 0.15) is 0 Å². The smallest absolute Gasteiger partial charge is 0.240 e. The molecule has 0 spiro atoms. The third kappa shape index (κ3) is 5.87. The van der Waals surface area contributed by atoms with Crippen molar-refractivity contribution in [2.75, 3.05) is 33.0 Å². The molecule has 0 atom stereocenters. The Bertz CT molecular complexity index is 515. The predicted octanol–water partition coefficient (Wildman–Crippen LogP) is 1.36. The zero-order valence-electron chi connectivity index (χ0n) is 14.4. The van der Waals surface area contributed by atoms with Crippen LogP contribution >= 0.6 is 0 Å². The van der Waals surface area contributed by atoms with Crippen LogP contribution < -0.4 is 11.1 Å². The number of amides is 1. The van der Waals surface area contributed by atoms with Crippen molar-refractivity contribution in [1.29, 1.82) is 0 Å². The molecule has 1 aromatic carbocycles. The van der Waals surface area contributed by atoms with E-state index in [9.17, 15) is 4.79 Å². The highest BCUT2D eigenvalue weighted by Gasteiger charge is 2.35. The summed E-state index contributed by atoms with van der Waals surface area (Å²) in [7, 11) is 0. The lowest BCUT2D eigenvalue weighted by Gasteiger charge is -2.31. The number of ether oxygens (including phenoxy) is 3. The zero-order valence-corrected chi connectivity index (χ0v) is 14.4. The first-order chi connectivity index (χ1) is 11.6. The van der Waals surface area contributed by atoms with Crippen molar-refractivity contribution in [3.05, 3.63) is 35.4 Å². The van der Waals surface area contributed by atoms with Gasteiger partial charge in [-0.15, -0.1) is 0 Å². The van der Waals surface area contributed by atoms with Gasteiger partial charge in [0.2, 0.25) is 5.91 Å². The summed E-state index contributed by atoms with van der Waals surface area (Å²) in [6, 6.07) is 8.00. The second-order valence-corrected chi connectivity index (χ2v) is 6.02. The fourth-order valence-corrected chi connectivity index (χ4v) is 2.60. The Labute approximate surface area is 143 Å². The van der Waals surface area contributed by atoms with Crippen molar-refractivity contribution in [1.82, 2.24) is 5.32 Å². The van der Waals surface area contributed by atoms with Crippen LogP contribution in [0.1, 0.15) is 30.9 Å². The van der Waals surface area contributed by atoms with Gasteiger partial charge in [0.25, 0.3) is 0 Å². The number of benzene rings is 1. The number of nitrogens with two attached hydrogens (primary N) is 1. The molecule has 1 aliphatic heterocycles. The third-order valence-electron chi connectivity index (χ3n) is 4.13. The minimum atomic E-state index is -0.807. The first kappa shape index (κ1) is 18.9. The summed E-state index contributed by atoms with van der Waals surface area (Å²) in [4.78, 5) is 12.3. The van der Waals surface area contributed by atoms with Crippen LogP contribution in [0.4, 0.5) is 0 Å². The third-order valence-corrected chi connectivity index (χ3v) is 4.13. The van der Waals surface area contributed by atoms with Gasteiger partial charge in [-0.25, -0.2) is 0 Å². The molecule has 0 aromatic heterocycles. The van der Waals surface area contributed by atoms with E-state index in [1.165, 1.54) is 0 Å². The summed E-state index contributed by atoms with van der Waals surface area (Å²) in [6.07, 6.45) is 1.12. The van der Waals surface area contributed by atoms with E-state index in [0.29, 0.717) is 59.0 Å². The predicted molar refractivity (Wildman–Crippen MR) is 91.4 cm³/mol. The SMILES string of the molecule is CCOCCOCc1cccc(CNC(=O)C2(N)CCOCC2)c1. The van der Waals surface area contributed by atoms with Crippen LogP contribution in [-0.2, 0) is 32.2 Å². The summed E-state index contributed by atoms with van der Waals surface area (Å²) in [5.74, 6) is -0.107. The minimum Gasteiger partial charge on any atom is -0.381 e. The Morgan fingerprint density at radius 3 is 2.71 bits per heavy atom. The average molecular weight is 336 g/mol. The van der Waals surface area contributed by atoms with E-state index in [2.05, 4.69) is 5.32 Å². The highest BCUT2D eigenvalue weighted by molar-refractivity contribution is 5.86. The van der Waals surface area contributed by atoms with Crippen LogP contribution in [-0.4, -0.2) is 44.5 Å². The molecule has 6 nitrogen and oxygen atoms in total. The Hall–Kier alpha value is -1.47. The number of nitrogens with one attached hydrogen (secondary N) is 1. The molecule has 1 aliphatic rings. The van der Waals surface area contributed by atoms with E-state index in [1.54, 1.807) is 0 Å². The van der Waals surface area contributed by atoms with Crippen LogP contribution in [0.25, 0.3) is 0 Å². The van der Waals surface area contributed by atoms with Crippen LogP contribution in [0.5, 0.6) is 0 Å². The van der Waals surface area contributed by atoms with E-state index in [1.807, 2.05) is 31.2 Å². The topological polar surface area (TPSA) is 82.8 Å². The van der Waals surface area contributed by atoms with Crippen LogP contribution in [0.3, 0.4) is 0 Å². The molecule has 6 heteroatoms. The standard InChI is InChI=1S/C18H28N2O4/c1-2-22-10-11-24-14-16-5-3-4-15(12-16)13-20-17(21)18(19)6-8-23-9-7-18/h3-5,12H,2,6-11,13-14,19H2,1H3,(H,20,21). The molecular weight excluding hydrogens is 308 g/mol. The summed E-state index contributed by atoms with van der Waals surface area (Å²) < 4.78 is 16.1. The molecule has 24 heavy (non-hydrogen) atoms. The van der Waals surface area contributed by atoms with Crippen LogP contribution in [0, 0.1) is 0 Å². The van der Waals surface area contributed by atoms with E-state index < -0.39 is 5.54 Å². The summed E-state index contributed by atoms with van der Waals surface area (Å²) in [6.45, 7) is 5.92. The van der Waals surface area contributed by atoms with Gasteiger partial charge in [-0.3, -0.25) is 4.79 Å². The van der Waals surface area contributed by atoms with Gasteiger partial charge in [-0.05, 0) is 30.9 Å². The molecule has 0 saturated carbocycles. The van der Waals surface area contributed by atoms with Gasteiger partial charge in [0.15, 0.2) is 0 Å². The fraction of sp³-hybridized carbons (Fsp3) is 0.611. The lowest BCUT2D eigenvalue weighted by Crippen LogP contribution is -2.56. The van der Waals surface area contributed by atoms with Crippen molar-refractivity contribution >= 4 is 5.91 Å².